The first-order chi connectivity index (χ1) is 14.3. The monoisotopic (exact) mass is 428 g/mol. The Morgan fingerprint density at radius 1 is 1.07 bits per heavy atom. The van der Waals surface area contributed by atoms with E-state index >= 15 is 0 Å². The Kier molecular flexibility index (Phi) is 6.59. The summed E-state index contributed by atoms with van der Waals surface area (Å²) in [5, 5.41) is 2.77. The number of nitrogens with one attached hydrogen (secondary N) is 1. The van der Waals surface area contributed by atoms with Gasteiger partial charge in [-0.3, -0.25) is 4.79 Å². The van der Waals surface area contributed by atoms with Crippen LogP contribution in [0.2, 0.25) is 0 Å². The molecule has 0 aliphatic rings. The zero-order chi connectivity index (χ0) is 21.7. The third-order valence-corrected chi connectivity index (χ3v) is 6.44. The smallest absolute Gasteiger partial charge is 0.287 e. The van der Waals surface area contributed by atoms with Crippen molar-refractivity contribution in [3.63, 3.8) is 0 Å². The summed E-state index contributed by atoms with van der Waals surface area (Å²) in [5.41, 5.74) is 1.82. The van der Waals surface area contributed by atoms with Crippen molar-refractivity contribution < 1.29 is 22.4 Å². The average molecular weight is 429 g/mol. The number of ether oxygens (including phenoxy) is 1. The number of nitrogens with zero attached hydrogens (tertiary/aromatic N) is 1. The second-order valence-electron chi connectivity index (χ2n) is 6.83. The van der Waals surface area contributed by atoms with E-state index in [1.165, 1.54) is 17.4 Å². The van der Waals surface area contributed by atoms with Crippen LogP contribution in [0.5, 0.6) is 5.75 Å². The van der Waals surface area contributed by atoms with Crippen LogP contribution in [-0.2, 0) is 23.1 Å². The van der Waals surface area contributed by atoms with Crippen LogP contribution in [0.25, 0.3) is 0 Å². The van der Waals surface area contributed by atoms with Gasteiger partial charge >= 0.3 is 0 Å². The highest BCUT2D eigenvalue weighted by Gasteiger charge is 2.22. The number of rotatable bonds is 8. The number of aryl methyl sites for hydroxylation is 1. The molecule has 0 aliphatic heterocycles. The van der Waals surface area contributed by atoms with Crippen molar-refractivity contribution in [3.8, 4) is 5.75 Å². The van der Waals surface area contributed by atoms with E-state index in [4.69, 9.17) is 9.15 Å². The van der Waals surface area contributed by atoms with Crippen LogP contribution in [0.15, 0.2) is 70.0 Å². The SMILES string of the molecule is COc1ccccc1CNC(=O)c1ccc(CN(C)S(=O)(=O)c2ccc(C)cc2)o1. The predicted molar refractivity (Wildman–Crippen MR) is 113 cm³/mol. The molecule has 1 heterocycles. The summed E-state index contributed by atoms with van der Waals surface area (Å²) in [6.07, 6.45) is 0. The van der Waals surface area contributed by atoms with E-state index in [1.54, 1.807) is 37.4 Å². The first kappa shape index (κ1) is 21.6. The highest BCUT2D eigenvalue weighted by atomic mass is 32.2. The molecule has 0 fully saturated rings. The Morgan fingerprint density at radius 2 is 1.77 bits per heavy atom. The molecule has 1 amide bonds. The van der Waals surface area contributed by atoms with Gasteiger partial charge in [-0.25, -0.2) is 8.42 Å². The molecule has 1 N–H and O–H groups in total. The summed E-state index contributed by atoms with van der Waals surface area (Å²) in [7, 11) is -0.619. The summed E-state index contributed by atoms with van der Waals surface area (Å²) in [6.45, 7) is 2.18. The van der Waals surface area contributed by atoms with Gasteiger partial charge in [0.1, 0.15) is 11.5 Å². The van der Waals surface area contributed by atoms with Crippen molar-refractivity contribution in [1.82, 2.24) is 9.62 Å². The Hall–Kier alpha value is -3.10. The van der Waals surface area contributed by atoms with Crippen molar-refractivity contribution in [2.45, 2.75) is 24.9 Å². The number of methoxy groups -OCH3 is 1. The molecular weight excluding hydrogens is 404 g/mol. The number of furan rings is 1. The van der Waals surface area contributed by atoms with Gasteiger partial charge in [0.2, 0.25) is 10.0 Å². The maximum absolute atomic E-state index is 12.7. The fraction of sp³-hybridized carbons (Fsp3) is 0.227. The maximum atomic E-state index is 12.7. The van der Waals surface area contributed by atoms with E-state index in [0.717, 1.165) is 11.1 Å². The number of amides is 1. The molecule has 0 radical (unpaired) electrons. The number of sulfonamides is 1. The molecule has 1 aromatic heterocycles. The van der Waals surface area contributed by atoms with Crippen LogP contribution in [0.4, 0.5) is 0 Å². The fourth-order valence-electron chi connectivity index (χ4n) is 2.89. The van der Waals surface area contributed by atoms with Crippen LogP contribution in [0.3, 0.4) is 0 Å². The molecule has 7 nitrogen and oxygen atoms in total. The summed E-state index contributed by atoms with van der Waals surface area (Å²) in [5.74, 6) is 0.772. The lowest BCUT2D eigenvalue weighted by Gasteiger charge is -2.16. The molecule has 0 bridgehead atoms. The van der Waals surface area contributed by atoms with E-state index in [9.17, 15) is 13.2 Å². The Bertz CT molecular complexity index is 1120. The van der Waals surface area contributed by atoms with E-state index in [1.807, 2.05) is 31.2 Å². The minimum Gasteiger partial charge on any atom is -0.496 e. The Labute approximate surface area is 176 Å². The number of carbonyl (C=O) groups is 1. The molecule has 0 saturated carbocycles. The molecule has 2 aromatic carbocycles. The van der Waals surface area contributed by atoms with E-state index in [2.05, 4.69) is 5.32 Å². The molecule has 0 unspecified atom stereocenters. The average Bonchev–Trinajstić information content (AvgIpc) is 3.21. The standard InChI is InChI=1S/C22H24N2O5S/c1-16-8-11-19(12-9-16)30(26,27)24(2)15-18-10-13-21(29-18)22(25)23-14-17-6-4-5-7-20(17)28-3/h4-13H,14-15H2,1-3H3,(H,23,25). The van der Waals surface area contributed by atoms with E-state index in [-0.39, 0.29) is 23.7 Å². The van der Waals surface area contributed by atoms with Crippen molar-refractivity contribution in [2.24, 2.45) is 0 Å². The van der Waals surface area contributed by atoms with Gasteiger partial charge in [-0.15, -0.1) is 0 Å². The van der Waals surface area contributed by atoms with Crippen LogP contribution in [0.1, 0.15) is 27.4 Å². The first-order valence-corrected chi connectivity index (χ1v) is 10.8. The molecule has 3 rings (SSSR count). The zero-order valence-corrected chi connectivity index (χ0v) is 17.9. The largest absolute Gasteiger partial charge is 0.496 e. The molecule has 0 spiro atoms. The van der Waals surface area contributed by atoms with Gasteiger partial charge in [-0.05, 0) is 37.3 Å². The van der Waals surface area contributed by atoms with Crippen LogP contribution in [0, 0.1) is 6.92 Å². The Balaban J connectivity index is 1.64. The van der Waals surface area contributed by atoms with Crippen LogP contribution >= 0.6 is 0 Å². The van der Waals surface area contributed by atoms with Gasteiger partial charge < -0.3 is 14.5 Å². The van der Waals surface area contributed by atoms with Gasteiger partial charge in [-0.2, -0.15) is 4.31 Å². The van der Waals surface area contributed by atoms with Crippen LogP contribution in [-0.4, -0.2) is 32.8 Å². The van der Waals surface area contributed by atoms with Crippen LogP contribution < -0.4 is 10.1 Å². The van der Waals surface area contributed by atoms with Crippen molar-refractivity contribution in [1.29, 1.82) is 0 Å². The normalized spacial score (nSPS) is 11.5. The number of benzene rings is 2. The third-order valence-electron chi connectivity index (χ3n) is 4.63. The first-order valence-electron chi connectivity index (χ1n) is 9.33. The number of hydrogen-bond donors (Lipinski definition) is 1. The highest BCUT2D eigenvalue weighted by Crippen LogP contribution is 2.19. The van der Waals surface area contributed by atoms with E-state index < -0.39 is 15.9 Å². The molecule has 8 heteroatoms. The summed E-state index contributed by atoms with van der Waals surface area (Å²) in [4.78, 5) is 12.6. The molecule has 30 heavy (non-hydrogen) atoms. The molecule has 158 valence electrons. The van der Waals surface area contributed by atoms with E-state index in [0.29, 0.717) is 11.5 Å². The molecule has 0 aliphatic carbocycles. The summed E-state index contributed by atoms with van der Waals surface area (Å²) < 4.78 is 37.4. The van der Waals surface area contributed by atoms with Gasteiger partial charge in [0.15, 0.2) is 5.76 Å². The zero-order valence-electron chi connectivity index (χ0n) is 17.1. The lowest BCUT2D eigenvalue weighted by Crippen LogP contribution is -2.26. The number of para-hydroxylation sites is 1. The van der Waals surface area contributed by atoms with Gasteiger partial charge in [0.25, 0.3) is 5.91 Å². The van der Waals surface area contributed by atoms with Gasteiger partial charge in [0, 0.05) is 19.2 Å². The van der Waals surface area contributed by atoms with Gasteiger partial charge in [0.05, 0.1) is 18.6 Å². The maximum Gasteiger partial charge on any atom is 0.287 e. The Morgan fingerprint density at radius 3 is 2.47 bits per heavy atom. The molecule has 0 saturated heterocycles. The fourth-order valence-corrected chi connectivity index (χ4v) is 4.03. The quantitative estimate of drug-likeness (QED) is 0.594. The topological polar surface area (TPSA) is 88.9 Å². The minimum atomic E-state index is -3.66. The second kappa shape index (κ2) is 9.15. The predicted octanol–water partition coefficient (Wildman–Crippen LogP) is 3.35. The van der Waals surface area contributed by atoms with Crippen molar-refractivity contribution in [2.75, 3.05) is 14.2 Å². The van der Waals surface area contributed by atoms with Crippen molar-refractivity contribution >= 4 is 15.9 Å². The minimum absolute atomic E-state index is 0.00992. The lowest BCUT2D eigenvalue weighted by atomic mass is 10.2. The third kappa shape index (κ3) is 4.90. The summed E-state index contributed by atoms with van der Waals surface area (Å²) in [6, 6.07) is 17.1. The van der Waals surface area contributed by atoms with Gasteiger partial charge in [-0.1, -0.05) is 35.9 Å². The lowest BCUT2D eigenvalue weighted by molar-refractivity contribution is 0.0920. The second-order valence-corrected chi connectivity index (χ2v) is 8.88. The number of carbonyl (C=O) groups excluding carboxylic acids is 1. The highest BCUT2D eigenvalue weighted by molar-refractivity contribution is 7.89. The molecule has 0 atom stereocenters. The molecule has 3 aromatic rings. The molecular formula is C22H24N2O5S. The summed E-state index contributed by atoms with van der Waals surface area (Å²) >= 11 is 0. The number of hydrogen-bond acceptors (Lipinski definition) is 5. The van der Waals surface area contributed by atoms with Crippen molar-refractivity contribution in [3.05, 3.63) is 83.3 Å².